The van der Waals surface area contributed by atoms with Crippen molar-refractivity contribution in [2.45, 2.75) is 13.8 Å². The van der Waals surface area contributed by atoms with Gasteiger partial charge in [-0.15, -0.1) is 0 Å². The second-order valence-corrected chi connectivity index (χ2v) is 6.49. The molecular weight excluding hydrogens is 344 g/mol. The molecule has 0 aliphatic rings. The Hall–Kier alpha value is -2.92. The van der Waals surface area contributed by atoms with Crippen LogP contribution < -0.4 is 15.4 Å². The van der Waals surface area contributed by atoms with E-state index in [2.05, 4.69) is 10.6 Å². The average Bonchev–Trinajstić information content (AvgIpc) is 2.63. The zero-order valence-corrected chi connectivity index (χ0v) is 15.5. The molecule has 0 atom stereocenters. The van der Waals surface area contributed by atoms with E-state index in [-0.39, 0.29) is 17.6 Å². The molecule has 0 saturated heterocycles. The summed E-state index contributed by atoms with van der Waals surface area (Å²) in [6, 6.07) is 19.8. The van der Waals surface area contributed by atoms with Gasteiger partial charge in [0.2, 0.25) is 0 Å². The molecule has 4 nitrogen and oxygen atoms in total. The van der Waals surface area contributed by atoms with Gasteiger partial charge in [-0.05, 0) is 54.7 Å². The maximum atomic E-state index is 12.1. The Morgan fingerprint density at radius 2 is 1.81 bits per heavy atom. The van der Waals surface area contributed by atoms with E-state index in [0.29, 0.717) is 5.75 Å². The van der Waals surface area contributed by atoms with Crippen molar-refractivity contribution in [3.05, 3.63) is 71.8 Å². The van der Waals surface area contributed by atoms with E-state index in [9.17, 15) is 4.79 Å². The molecule has 0 aliphatic carbocycles. The van der Waals surface area contributed by atoms with Crippen molar-refractivity contribution in [1.82, 2.24) is 5.32 Å². The minimum atomic E-state index is -0.302. The fraction of sp³-hybridized carbons (Fsp3) is 0.143. The number of anilines is 1. The molecule has 0 fully saturated rings. The molecule has 0 heterocycles. The largest absolute Gasteiger partial charge is 0.483 e. The molecule has 0 saturated carbocycles. The second kappa shape index (κ2) is 7.97. The number of thiocarbonyl (C=S) groups is 1. The van der Waals surface area contributed by atoms with Crippen LogP contribution in [0.1, 0.15) is 11.1 Å². The van der Waals surface area contributed by atoms with Gasteiger partial charge in [0.1, 0.15) is 5.75 Å². The number of nitrogens with one attached hydrogen (secondary N) is 2. The van der Waals surface area contributed by atoms with E-state index in [1.807, 2.05) is 74.5 Å². The molecular formula is C21H20N2O2S. The molecule has 0 spiro atoms. The zero-order chi connectivity index (χ0) is 18.5. The quantitative estimate of drug-likeness (QED) is 0.676. The Morgan fingerprint density at radius 3 is 2.65 bits per heavy atom. The maximum Gasteiger partial charge on any atom is 0.264 e. The third-order valence-corrected chi connectivity index (χ3v) is 4.20. The Morgan fingerprint density at radius 1 is 1.04 bits per heavy atom. The number of hydrogen-bond donors (Lipinski definition) is 2. The van der Waals surface area contributed by atoms with Crippen molar-refractivity contribution in [3.63, 3.8) is 0 Å². The molecule has 1 amide bonds. The monoisotopic (exact) mass is 364 g/mol. The predicted octanol–water partition coefficient (Wildman–Crippen LogP) is 4.35. The van der Waals surface area contributed by atoms with Crippen LogP contribution in [-0.2, 0) is 4.79 Å². The van der Waals surface area contributed by atoms with Crippen molar-refractivity contribution < 1.29 is 9.53 Å². The molecule has 2 N–H and O–H groups in total. The van der Waals surface area contributed by atoms with Gasteiger partial charge in [-0.25, -0.2) is 0 Å². The van der Waals surface area contributed by atoms with Gasteiger partial charge in [0, 0.05) is 11.1 Å². The van der Waals surface area contributed by atoms with Gasteiger partial charge in [0.25, 0.3) is 5.91 Å². The van der Waals surface area contributed by atoms with E-state index in [4.69, 9.17) is 17.0 Å². The standard InChI is InChI=1S/C21H20N2O2S/c1-14-10-11-15(2)19(12-14)25-13-20(24)23-21(26)22-18-9-5-7-16-6-3-4-8-17(16)18/h3-12H,13H2,1-2H3,(H2,22,23,24,26). The highest BCUT2D eigenvalue weighted by Crippen LogP contribution is 2.23. The van der Waals surface area contributed by atoms with Crippen LogP contribution in [0.3, 0.4) is 0 Å². The predicted molar refractivity (Wildman–Crippen MR) is 110 cm³/mol. The number of benzene rings is 3. The van der Waals surface area contributed by atoms with Gasteiger partial charge in [0.15, 0.2) is 11.7 Å². The molecule has 0 aromatic heterocycles. The first-order valence-electron chi connectivity index (χ1n) is 8.31. The molecule has 0 bridgehead atoms. The average molecular weight is 364 g/mol. The summed E-state index contributed by atoms with van der Waals surface area (Å²) in [5, 5.41) is 8.12. The fourth-order valence-corrected chi connectivity index (χ4v) is 2.88. The van der Waals surface area contributed by atoms with Gasteiger partial charge in [0.05, 0.1) is 0 Å². The molecule has 0 unspecified atom stereocenters. The number of carbonyl (C=O) groups excluding carboxylic acids is 1. The normalized spacial score (nSPS) is 10.4. The third kappa shape index (κ3) is 4.37. The number of amides is 1. The number of carbonyl (C=O) groups is 1. The molecule has 5 heteroatoms. The molecule has 0 aliphatic heterocycles. The SMILES string of the molecule is Cc1ccc(C)c(OCC(=O)NC(=S)Nc2cccc3ccccc23)c1. The first-order valence-corrected chi connectivity index (χ1v) is 8.72. The van der Waals surface area contributed by atoms with E-state index in [0.717, 1.165) is 27.6 Å². The summed E-state index contributed by atoms with van der Waals surface area (Å²) in [6.07, 6.45) is 0. The minimum absolute atomic E-state index is 0.0956. The van der Waals surface area contributed by atoms with Crippen molar-refractivity contribution in [2.24, 2.45) is 0 Å². The lowest BCUT2D eigenvalue weighted by atomic mass is 10.1. The zero-order valence-electron chi connectivity index (χ0n) is 14.7. The van der Waals surface area contributed by atoms with E-state index < -0.39 is 0 Å². The molecule has 3 rings (SSSR count). The topological polar surface area (TPSA) is 50.4 Å². The third-order valence-electron chi connectivity index (χ3n) is 3.99. The second-order valence-electron chi connectivity index (χ2n) is 6.09. The summed E-state index contributed by atoms with van der Waals surface area (Å²) in [6.45, 7) is 3.83. The van der Waals surface area contributed by atoms with Crippen LogP contribution in [0.25, 0.3) is 10.8 Å². The molecule has 132 valence electrons. The fourth-order valence-electron chi connectivity index (χ4n) is 2.66. The van der Waals surface area contributed by atoms with E-state index in [1.165, 1.54) is 0 Å². The Balaban J connectivity index is 1.59. The highest BCUT2D eigenvalue weighted by atomic mass is 32.1. The summed E-state index contributed by atoms with van der Waals surface area (Å²) in [5.74, 6) is 0.400. The Bertz CT molecular complexity index is 964. The molecule has 3 aromatic carbocycles. The van der Waals surface area contributed by atoms with Gasteiger partial charge >= 0.3 is 0 Å². The Kier molecular flexibility index (Phi) is 5.49. The van der Waals surface area contributed by atoms with Crippen molar-refractivity contribution in [1.29, 1.82) is 0 Å². The molecule has 0 radical (unpaired) electrons. The number of rotatable bonds is 4. The van der Waals surface area contributed by atoms with Crippen LogP contribution in [-0.4, -0.2) is 17.6 Å². The molecule has 3 aromatic rings. The number of ether oxygens (including phenoxy) is 1. The summed E-state index contributed by atoms with van der Waals surface area (Å²) < 4.78 is 5.60. The maximum absolute atomic E-state index is 12.1. The number of aryl methyl sites for hydroxylation is 2. The summed E-state index contributed by atoms with van der Waals surface area (Å²) in [4.78, 5) is 12.1. The highest BCUT2D eigenvalue weighted by molar-refractivity contribution is 7.80. The van der Waals surface area contributed by atoms with Crippen LogP contribution in [0.5, 0.6) is 5.75 Å². The van der Waals surface area contributed by atoms with Crippen LogP contribution in [0.4, 0.5) is 5.69 Å². The van der Waals surface area contributed by atoms with Gasteiger partial charge in [-0.1, -0.05) is 48.5 Å². The van der Waals surface area contributed by atoms with Gasteiger partial charge in [-0.2, -0.15) is 0 Å². The Labute approximate surface area is 158 Å². The van der Waals surface area contributed by atoms with Crippen molar-refractivity contribution in [3.8, 4) is 5.75 Å². The van der Waals surface area contributed by atoms with Gasteiger partial charge in [-0.3, -0.25) is 10.1 Å². The summed E-state index contributed by atoms with van der Waals surface area (Å²) in [7, 11) is 0. The smallest absolute Gasteiger partial charge is 0.264 e. The van der Waals surface area contributed by atoms with E-state index in [1.54, 1.807) is 0 Å². The summed E-state index contributed by atoms with van der Waals surface area (Å²) >= 11 is 5.25. The first kappa shape index (κ1) is 17.9. The number of hydrogen-bond acceptors (Lipinski definition) is 3. The van der Waals surface area contributed by atoms with Crippen LogP contribution in [0.15, 0.2) is 60.7 Å². The highest BCUT2D eigenvalue weighted by Gasteiger charge is 2.09. The molecule has 26 heavy (non-hydrogen) atoms. The summed E-state index contributed by atoms with van der Waals surface area (Å²) in [5.41, 5.74) is 2.92. The lowest BCUT2D eigenvalue weighted by molar-refractivity contribution is -0.121. The lowest BCUT2D eigenvalue weighted by Crippen LogP contribution is -2.37. The van der Waals surface area contributed by atoms with Crippen molar-refractivity contribution in [2.75, 3.05) is 11.9 Å². The number of fused-ring (bicyclic) bond motifs is 1. The van der Waals surface area contributed by atoms with Crippen LogP contribution >= 0.6 is 12.2 Å². The lowest BCUT2D eigenvalue weighted by Gasteiger charge is -2.13. The van der Waals surface area contributed by atoms with Gasteiger partial charge < -0.3 is 10.1 Å². The first-order chi connectivity index (χ1) is 12.5. The van der Waals surface area contributed by atoms with Crippen molar-refractivity contribution >= 4 is 39.7 Å². The minimum Gasteiger partial charge on any atom is -0.483 e. The van der Waals surface area contributed by atoms with E-state index >= 15 is 0 Å². The van der Waals surface area contributed by atoms with Crippen LogP contribution in [0.2, 0.25) is 0 Å². The van der Waals surface area contributed by atoms with Crippen LogP contribution in [0, 0.1) is 13.8 Å².